The van der Waals surface area contributed by atoms with Gasteiger partial charge in [-0.25, -0.2) is 19.8 Å². The molecule has 11 aromatic rings. The van der Waals surface area contributed by atoms with Crippen molar-refractivity contribution >= 4 is 37.2 Å². The fourth-order valence-corrected chi connectivity index (χ4v) is 11.4. The molecule has 0 saturated carbocycles. The quantitative estimate of drug-likeness (QED) is 0.162. The van der Waals surface area contributed by atoms with Crippen molar-refractivity contribution in [2.75, 3.05) is 0 Å². The van der Waals surface area contributed by atoms with Crippen molar-refractivity contribution in [1.82, 2.24) is 15.0 Å². The van der Waals surface area contributed by atoms with Crippen LogP contribution < -0.4 is 0 Å². The van der Waals surface area contributed by atoms with E-state index in [1.54, 1.807) is 11.3 Å². The van der Waals surface area contributed by atoms with Gasteiger partial charge < -0.3 is 0 Å². The molecule has 2 aromatic heterocycles. The highest BCUT2D eigenvalue weighted by Crippen LogP contribution is 2.63. The molecule has 5 heteroatoms. The summed E-state index contributed by atoms with van der Waals surface area (Å²) in [5.41, 5.74) is 18.2. The van der Waals surface area contributed by atoms with Gasteiger partial charge in [-0.3, -0.25) is 0 Å². The lowest BCUT2D eigenvalue weighted by molar-refractivity contribution is 0.794. The summed E-state index contributed by atoms with van der Waals surface area (Å²) in [5, 5.41) is 2.22. The molecule has 0 N–H and O–H groups in total. The maximum Gasteiger partial charge on any atom is 0.187 e. The SMILES string of the molecule is [C-]#[N+]c1ccc2sc3cc(-c4nc(-c5ccccc5)nc(-c5cccc(-c6cccc(-c7ccc8c(c7)-c7ccccc7C87c8ccccc8-c8ccccc87)c6)c5)n4)ccc3c2c1. The molecule has 0 bridgehead atoms. The Balaban J connectivity index is 0.895. The molecule has 0 aliphatic heterocycles. The molecule has 4 nitrogen and oxygen atoms in total. The molecular formula is C59H34N4S. The maximum atomic E-state index is 7.52. The minimum Gasteiger partial charge on any atom is -0.238 e. The molecule has 0 atom stereocenters. The highest BCUT2D eigenvalue weighted by molar-refractivity contribution is 7.25. The average molecular weight is 831 g/mol. The molecule has 2 aliphatic carbocycles. The monoisotopic (exact) mass is 830 g/mol. The number of thiophene rings is 1. The van der Waals surface area contributed by atoms with Crippen LogP contribution in [0.5, 0.6) is 0 Å². The van der Waals surface area contributed by atoms with Gasteiger partial charge >= 0.3 is 0 Å². The van der Waals surface area contributed by atoms with E-state index in [1.807, 2.05) is 48.5 Å². The van der Waals surface area contributed by atoms with E-state index in [9.17, 15) is 0 Å². The molecule has 0 amide bonds. The Kier molecular flexibility index (Phi) is 8.02. The highest BCUT2D eigenvalue weighted by Gasteiger charge is 2.51. The van der Waals surface area contributed by atoms with Crippen LogP contribution in [0.2, 0.25) is 0 Å². The number of benzene rings is 9. The third kappa shape index (κ3) is 5.43. The largest absolute Gasteiger partial charge is 0.238 e. The van der Waals surface area contributed by atoms with Crippen LogP contribution in [-0.2, 0) is 5.41 Å². The van der Waals surface area contributed by atoms with Gasteiger partial charge in [-0.15, -0.1) is 11.3 Å². The van der Waals surface area contributed by atoms with Crippen molar-refractivity contribution in [3.63, 3.8) is 0 Å². The first-order chi connectivity index (χ1) is 31.6. The van der Waals surface area contributed by atoms with Gasteiger partial charge in [-0.2, -0.15) is 0 Å². The van der Waals surface area contributed by atoms with Gasteiger partial charge in [0.15, 0.2) is 23.2 Å². The normalized spacial score (nSPS) is 12.8. The van der Waals surface area contributed by atoms with Gasteiger partial charge in [0.05, 0.1) is 12.0 Å². The van der Waals surface area contributed by atoms with Gasteiger partial charge in [0.1, 0.15) is 0 Å². The summed E-state index contributed by atoms with van der Waals surface area (Å²) >= 11 is 1.72. The molecule has 9 aromatic carbocycles. The molecular weight excluding hydrogens is 797 g/mol. The first-order valence-electron chi connectivity index (χ1n) is 21.4. The summed E-state index contributed by atoms with van der Waals surface area (Å²) in [6.07, 6.45) is 0. The third-order valence-electron chi connectivity index (χ3n) is 13.2. The van der Waals surface area contributed by atoms with E-state index < -0.39 is 0 Å². The Morgan fingerprint density at radius 1 is 0.344 bits per heavy atom. The second-order valence-electron chi connectivity index (χ2n) is 16.6. The van der Waals surface area contributed by atoms with Crippen LogP contribution in [0.1, 0.15) is 22.3 Å². The van der Waals surface area contributed by atoms with E-state index in [1.165, 1.54) is 50.1 Å². The van der Waals surface area contributed by atoms with E-state index >= 15 is 0 Å². The third-order valence-corrected chi connectivity index (χ3v) is 14.3. The molecule has 0 fully saturated rings. The van der Waals surface area contributed by atoms with Crippen LogP contribution in [0.15, 0.2) is 206 Å². The number of rotatable bonds is 5. The molecule has 1 spiro atoms. The van der Waals surface area contributed by atoms with Gasteiger partial charge in [-0.1, -0.05) is 176 Å². The Hall–Kier alpha value is -8.30. The molecule has 64 heavy (non-hydrogen) atoms. The van der Waals surface area contributed by atoms with Crippen molar-refractivity contribution in [3.8, 4) is 78.7 Å². The first-order valence-corrected chi connectivity index (χ1v) is 22.3. The molecule has 0 saturated heterocycles. The standard InChI is InChI=1S/C59H34N4S/c1-60-43-27-30-54-49(35-43)47-28-25-42(34-55(47)64-54)58-62-56(36-13-3-2-4-14-36)61-57(63-58)41-18-12-17-39(32-41)37-15-11-16-38(31-37)40-26-29-53-48(33-40)46-21-7-10-24-52(46)59(53)50-22-8-5-19-44(50)45-20-6-9-23-51(45)59/h2-35H. The van der Waals surface area contributed by atoms with Gasteiger partial charge in [0.2, 0.25) is 0 Å². The van der Waals surface area contributed by atoms with Crippen LogP contribution in [-0.4, -0.2) is 15.0 Å². The zero-order valence-electron chi connectivity index (χ0n) is 34.3. The summed E-state index contributed by atoms with van der Waals surface area (Å²) in [5.74, 6) is 1.85. The Morgan fingerprint density at radius 2 is 0.828 bits per heavy atom. The summed E-state index contributed by atoms with van der Waals surface area (Å²) in [6, 6.07) is 73.7. The van der Waals surface area contributed by atoms with Gasteiger partial charge in [0, 0.05) is 26.1 Å². The predicted molar refractivity (Wildman–Crippen MR) is 262 cm³/mol. The van der Waals surface area contributed by atoms with Crippen LogP contribution >= 0.6 is 11.3 Å². The maximum absolute atomic E-state index is 7.52. The molecule has 13 rings (SSSR count). The number of fused-ring (bicyclic) bond motifs is 13. The van der Waals surface area contributed by atoms with Crippen molar-refractivity contribution in [1.29, 1.82) is 0 Å². The van der Waals surface area contributed by atoms with E-state index in [-0.39, 0.29) is 5.41 Å². The topological polar surface area (TPSA) is 43.0 Å². The minimum atomic E-state index is -0.357. The van der Waals surface area contributed by atoms with Crippen molar-refractivity contribution in [2.24, 2.45) is 0 Å². The summed E-state index contributed by atoms with van der Waals surface area (Å²) < 4.78 is 2.28. The highest BCUT2D eigenvalue weighted by atomic mass is 32.1. The van der Waals surface area contributed by atoms with E-state index in [0.29, 0.717) is 23.2 Å². The summed E-state index contributed by atoms with van der Waals surface area (Å²) in [4.78, 5) is 18.9. The van der Waals surface area contributed by atoms with Crippen LogP contribution in [0, 0.1) is 6.57 Å². The van der Waals surface area contributed by atoms with Crippen molar-refractivity contribution in [3.05, 3.63) is 240 Å². The van der Waals surface area contributed by atoms with E-state index in [0.717, 1.165) is 53.6 Å². The molecule has 0 radical (unpaired) electrons. The zero-order chi connectivity index (χ0) is 42.4. The average Bonchev–Trinajstić information content (AvgIpc) is 3.99. The number of nitrogens with zero attached hydrogens (tertiary/aromatic N) is 4. The fourth-order valence-electron chi connectivity index (χ4n) is 10.3. The Bertz CT molecular complexity index is 3720. The predicted octanol–water partition coefficient (Wildman–Crippen LogP) is 15.5. The minimum absolute atomic E-state index is 0.357. The smallest absolute Gasteiger partial charge is 0.187 e. The van der Waals surface area contributed by atoms with E-state index in [4.69, 9.17) is 21.5 Å². The van der Waals surface area contributed by atoms with E-state index in [2.05, 4.69) is 163 Å². The lowest BCUT2D eigenvalue weighted by atomic mass is 9.70. The van der Waals surface area contributed by atoms with Crippen LogP contribution in [0.3, 0.4) is 0 Å². The summed E-state index contributed by atoms with van der Waals surface area (Å²) in [7, 11) is 0. The van der Waals surface area contributed by atoms with Crippen LogP contribution in [0.25, 0.3) is 104 Å². The second-order valence-corrected chi connectivity index (χ2v) is 17.7. The van der Waals surface area contributed by atoms with Crippen molar-refractivity contribution in [2.45, 2.75) is 5.41 Å². The lowest BCUT2D eigenvalue weighted by Gasteiger charge is -2.30. The molecule has 2 aliphatic rings. The Labute approximate surface area is 374 Å². The van der Waals surface area contributed by atoms with Crippen LogP contribution in [0.4, 0.5) is 5.69 Å². The zero-order valence-corrected chi connectivity index (χ0v) is 35.1. The Morgan fingerprint density at radius 3 is 1.47 bits per heavy atom. The van der Waals surface area contributed by atoms with Gasteiger partial charge in [-0.05, 0) is 108 Å². The number of hydrogen-bond donors (Lipinski definition) is 0. The number of aromatic nitrogens is 3. The second kappa shape index (κ2) is 14.1. The fraction of sp³-hybridized carbons (Fsp3) is 0.0169. The number of hydrogen-bond acceptors (Lipinski definition) is 4. The molecule has 296 valence electrons. The summed E-state index contributed by atoms with van der Waals surface area (Å²) in [6.45, 7) is 7.52. The molecule has 0 unspecified atom stereocenters. The molecule has 2 heterocycles. The van der Waals surface area contributed by atoms with Gasteiger partial charge in [0.25, 0.3) is 0 Å². The first kappa shape index (κ1) is 36.4. The van der Waals surface area contributed by atoms with Crippen molar-refractivity contribution < 1.29 is 0 Å². The lowest BCUT2D eigenvalue weighted by Crippen LogP contribution is -2.25.